The number of rotatable bonds is 3. The van der Waals surface area contributed by atoms with Crippen molar-refractivity contribution in [2.75, 3.05) is 5.32 Å². The second kappa shape index (κ2) is 7.43. The number of carbonyl (C=O) groups excluding carboxylic acids is 1. The van der Waals surface area contributed by atoms with Crippen LogP contribution < -0.4 is 5.32 Å². The zero-order chi connectivity index (χ0) is 19.8. The highest BCUT2D eigenvalue weighted by Crippen LogP contribution is 2.25. The second-order valence-corrected chi connectivity index (χ2v) is 7.48. The number of halogens is 3. The average molecular weight is 432 g/mol. The Morgan fingerprint density at radius 3 is 2.21 bits per heavy atom. The molecule has 1 N–H and O–H groups in total. The number of hydrogen-bond acceptors (Lipinski definition) is 3. The largest absolute Gasteiger partial charge is 0.322 e. The van der Waals surface area contributed by atoms with Crippen LogP contribution in [0.2, 0.25) is 15.1 Å². The molecule has 1 amide bonds. The van der Waals surface area contributed by atoms with E-state index in [1.807, 2.05) is 25.1 Å². The highest BCUT2D eigenvalue weighted by Gasteiger charge is 2.14. The van der Waals surface area contributed by atoms with E-state index in [1.165, 1.54) is 10.9 Å². The van der Waals surface area contributed by atoms with E-state index in [0.717, 1.165) is 16.8 Å². The zero-order valence-electron chi connectivity index (χ0n) is 14.6. The smallest absolute Gasteiger partial charge is 0.257 e. The quantitative estimate of drug-likeness (QED) is 0.436. The molecule has 0 spiro atoms. The first kappa shape index (κ1) is 18.7. The van der Waals surface area contributed by atoms with Gasteiger partial charge in [-0.15, -0.1) is 10.2 Å². The van der Waals surface area contributed by atoms with Gasteiger partial charge in [-0.25, -0.2) is 0 Å². The number of aromatic nitrogens is 3. The summed E-state index contributed by atoms with van der Waals surface area (Å²) >= 11 is 18.0. The predicted octanol–water partition coefficient (Wildman–Crippen LogP) is 5.94. The van der Waals surface area contributed by atoms with Crippen molar-refractivity contribution in [2.45, 2.75) is 6.92 Å². The van der Waals surface area contributed by atoms with E-state index in [0.29, 0.717) is 26.8 Å². The molecule has 4 aromatic rings. The minimum atomic E-state index is -0.325. The van der Waals surface area contributed by atoms with Gasteiger partial charge in [0, 0.05) is 15.7 Å². The summed E-state index contributed by atoms with van der Waals surface area (Å²) in [5.41, 5.74) is 3.99. The molecule has 0 saturated heterocycles. The number of anilines is 1. The first-order valence-corrected chi connectivity index (χ1v) is 9.44. The Kier molecular flexibility index (Phi) is 4.98. The third-order valence-corrected chi connectivity index (χ3v) is 5.01. The molecule has 3 aromatic carbocycles. The summed E-state index contributed by atoms with van der Waals surface area (Å²) in [4.78, 5) is 14.1. The van der Waals surface area contributed by atoms with E-state index in [4.69, 9.17) is 34.8 Å². The summed E-state index contributed by atoms with van der Waals surface area (Å²) in [7, 11) is 0. The SMILES string of the molecule is Cc1cc2nn(-c3ccc(Cl)cc3)nc2cc1NC(=O)c1ccc(Cl)cc1Cl. The summed E-state index contributed by atoms with van der Waals surface area (Å²) < 4.78 is 0. The third-order valence-electron chi connectivity index (χ3n) is 4.21. The molecular formula is C20H13Cl3N4O. The van der Waals surface area contributed by atoms with E-state index >= 15 is 0 Å². The Labute approximate surface area is 175 Å². The molecular weight excluding hydrogens is 419 g/mol. The van der Waals surface area contributed by atoms with E-state index < -0.39 is 0 Å². The lowest BCUT2D eigenvalue weighted by molar-refractivity contribution is 0.102. The minimum Gasteiger partial charge on any atom is -0.322 e. The molecule has 0 aliphatic carbocycles. The molecule has 140 valence electrons. The molecule has 0 aliphatic heterocycles. The maximum atomic E-state index is 12.6. The van der Waals surface area contributed by atoms with Crippen LogP contribution in [0.15, 0.2) is 54.6 Å². The van der Waals surface area contributed by atoms with Crippen LogP contribution in [0.3, 0.4) is 0 Å². The Morgan fingerprint density at radius 1 is 0.893 bits per heavy atom. The number of nitrogens with zero attached hydrogens (tertiary/aromatic N) is 3. The van der Waals surface area contributed by atoms with Gasteiger partial charge in [-0.3, -0.25) is 4.79 Å². The molecule has 1 heterocycles. The lowest BCUT2D eigenvalue weighted by Crippen LogP contribution is -2.13. The van der Waals surface area contributed by atoms with Crippen LogP contribution in [0.4, 0.5) is 5.69 Å². The number of amides is 1. The average Bonchev–Trinajstić information content (AvgIpc) is 3.05. The van der Waals surface area contributed by atoms with Crippen LogP contribution in [0.25, 0.3) is 16.7 Å². The van der Waals surface area contributed by atoms with Gasteiger partial charge in [-0.2, -0.15) is 4.80 Å². The molecule has 0 saturated carbocycles. The van der Waals surface area contributed by atoms with Gasteiger partial charge in [-0.1, -0.05) is 34.8 Å². The molecule has 0 radical (unpaired) electrons. The van der Waals surface area contributed by atoms with Crippen molar-refractivity contribution in [1.29, 1.82) is 0 Å². The van der Waals surface area contributed by atoms with Crippen molar-refractivity contribution >= 4 is 57.4 Å². The van der Waals surface area contributed by atoms with Crippen LogP contribution >= 0.6 is 34.8 Å². The van der Waals surface area contributed by atoms with E-state index in [2.05, 4.69) is 15.5 Å². The zero-order valence-corrected chi connectivity index (χ0v) is 16.8. The second-order valence-electron chi connectivity index (χ2n) is 6.20. The number of carbonyl (C=O) groups is 1. The van der Waals surface area contributed by atoms with Gasteiger partial charge in [0.25, 0.3) is 5.91 Å². The molecule has 0 aliphatic rings. The summed E-state index contributed by atoms with van der Waals surface area (Å²) in [6.07, 6.45) is 0. The maximum Gasteiger partial charge on any atom is 0.257 e. The Balaban J connectivity index is 1.67. The van der Waals surface area contributed by atoms with Crippen LogP contribution in [-0.2, 0) is 0 Å². The van der Waals surface area contributed by atoms with Gasteiger partial charge >= 0.3 is 0 Å². The fraction of sp³-hybridized carbons (Fsp3) is 0.0500. The van der Waals surface area contributed by atoms with Crippen molar-refractivity contribution in [2.24, 2.45) is 0 Å². The normalized spacial score (nSPS) is 11.0. The minimum absolute atomic E-state index is 0.289. The highest BCUT2D eigenvalue weighted by atomic mass is 35.5. The van der Waals surface area contributed by atoms with Crippen LogP contribution in [-0.4, -0.2) is 20.9 Å². The fourth-order valence-corrected chi connectivity index (χ4v) is 3.38. The number of aryl methyl sites for hydroxylation is 1. The van der Waals surface area contributed by atoms with Gasteiger partial charge in [-0.05, 0) is 67.1 Å². The summed E-state index contributed by atoms with van der Waals surface area (Å²) in [5.74, 6) is -0.325. The van der Waals surface area contributed by atoms with Gasteiger partial charge in [0.15, 0.2) is 0 Å². The first-order chi connectivity index (χ1) is 13.4. The highest BCUT2D eigenvalue weighted by molar-refractivity contribution is 6.37. The number of fused-ring (bicyclic) bond motifs is 1. The van der Waals surface area contributed by atoms with Crippen molar-refractivity contribution < 1.29 is 4.79 Å². The van der Waals surface area contributed by atoms with Gasteiger partial charge in [0.1, 0.15) is 11.0 Å². The monoisotopic (exact) mass is 430 g/mol. The van der Waals surface area contributed by atoms with Crippen molar-refractivity contribution in [3.8, 4) is 5.69 Å². The lowest BCUT2D eigenvalue weighted by Gasteiger charge is -2.09. The number of nitrogens with one attached hydrogen (secondary N) is 1. The van der Waals surface area contributed by atoms with Crippen molar-refractivity contribution in [3.63, 3.8) is 0 Å². The first-order valence-electron chi connectivity index (χ1n) is 8.31. The van der Waals surface area contributed by atoms with Crippen molar-refractivity contribution in [1.82, 2.24) is 15.0 Å². The van der Waals surface area contributed by atoms with Crippen molar-refractivity contribution in [3.05, 3.63) is 80.8 Å². The van der Waals surface area contributed by atoms with E-state index in [9.17, 15) is 4.79 Å². The molecule has 28 heavy (non-hydrogen) atoms. The van der Waals surface area contributed by atoms with Gasteiger partial charge < -0.3 is 5.32 Å². The lowest BCUT2D eigenvalue weighted by atomic mass is 10.1. The molecule has 0 bridgehead atoms. The van der Waals surface area contributed by atoms with Gasteiger partial charge in [0.2, 0.25) is 0 Å². The molecule has 4 rings (SSSR count). The molecule has 8 heteroatoms. The van der Waals surface area contributed by atoms with E-state index in [1.54, 1.807) is 30.3 Å². The van der Waals surface area contributed by atoms with Crippen LogP contribution in [0, 0.1) is 6.92 Å². The van der Waals surface area contributed by atoms with Gasteiger partial charge in [0.05, 0.1) is 16.3 Å². The topological polar surface area (TPSA) is 59.8 Å². The van der Waals surface area contributed by atoms with Crippen LogP contribution in [0.1, 0.15) is 15.9 Å². The summed E-state index contributed by atoms with van der Waals surface area (Å²) in [6, 6.07) is 15.6. The number of benzene rings is 3. The molecule has 5 nitrogen and oxygen atoms in total. The third kappa shape index (κ3) is 3.69. The Hall–Kier alpha value is -2.60. The summed E-state index contributed by atoms with van der Waals surface area (Å²) in [5, 5.41) is 13.3. The predicted molar refractivity (Wildman–Crippen MR) is 113 cm³/mol. The summed E-state index contributed by atoms with van der Waals surface area (Å²) in [6.45, 7) is 1.89. The molecule has 1 aromatic heterocycles. The molecule has 0 unspecified atom stereocenters. The maximum absolute atomic E-state index is 12.6. The standard InChI is InChI=1S/C20H13Cl3N4O/c1-11-8-18-19(26-27(25-18)14-5-2-12(21)3-6-14)10-17(11)24-20(28)15-7-4-13(22)9-16(15)23/h2-10H,1H3,(H,24,28). The number of hydrogen-bond donors (Lipinski definition) is 1. The van der Waals surface area contributed by atoms with Crippen LogP contribution in [0.5, 0.6) is 0 Å². The fourth-order valence-electron chi connectivity index (χ4n) is 2.76. The van der Waals surface area contributed by atoms with E-state index in [-0.39, 0.29) is 10.9 Å². The molecule has 0 fully saturated rings. The Morgan fingerprint density at radius 2 is 1.54 bits per heavy atom. The molecule has 0 atom stereocenters. The Bertz CT molecular complexity index is 1200.